The number of carbonyl (C=O) groups is 1. The Bertz CT molecular complexity index is 814. The maximum Gasteiger partial charge on any atom is 0.236 e. The second-order valence-corrected chi connectivity index (χ2v) is 8.95. The molecule has 2 aliphatic carbocycles. The molecule has 6 nitrogen and oxygen atoms in total. The van der Waals surface area contributed by atoms with Gasteiger partial charge in [0.15, 0.2) is 0 Å². The third-order valence-corrected chi connectivity index (χ3v) is 7.12. The lowest BCUT2D eigenvalue weighted by Gasteiger charge is -2.46. The Kier molecular flexibility index (Phi) is 5.43. The largest absolute Gasteiger partial charge is 0.342 e. The van der Waals surface area contributed by atoms with Crippen molar-refractivity contribution in [3.63, 3.8) is 0 Å². The first kappa shape index (κ1) is 19.0. The van der Waals surface area contributed by atoms with E-state index >= 15 is 0 Å². The van der Waals surface area contributed by atoms with Crippen molar-refractivity contribution >= 4 is 5.91 Å². The molecule has 0 aromatic carbocycles. The first-order valence-electron chi connectivity index (χ1n) is 10.7. The lowest BCUT2D eigenvalue weighted by atomic mass is 9.65. The number of piperidine rings is 1. The Hall–Kier alpha value is -2.29. The zero-order valence-corrected chi connectivity index (χ0v) is 16.6. The summed E-state index contributed by atoms with van der Waals surface area (Å²) >= 11 is 0. The molecule has 0 unspecified atom stereocenters. The molecule has 1 amide bonds. The average Bonchev–Trinajstić information content (AvgIpc) is 3.53. The third kappa shape index (κ3) is 4.09. The Morgan fingerprint density at radius 2 is 1.89 bits per heavy atom. The van der Waals surface area contributed by atoms with Gasteiger partial charge in [-0.05, 0) is 74.8 Å². The number of nitrogens with two attached hydrogens (primary N) is 1. The van der Waals surface area contributed by atoms with E-state index in [1.807, 2.05) is 21.7 Å². The molecule has 2 heterocycles. The van der Waals surface area contributed by atoms with Crippen LogP contribution >= 0.6 is 0 Å². The highest BCUT2D eigenvalue weighted by Gasteiger charge is 2.39. The van der Waals surface area contributed by atoms with E-state index in [4.69, 9.17) is 16.1 Å². The summed E-state index contributed by atoms with van der Waals surface area (Å²) in [7, 11) is 0. The van der Waals surface area contributed by atoms with Gasteiger partial charge >= 0.3 is 0 Å². The number of hydrogen-bond donors (Lipinski definition) is 1. The van der Waals surface area contributed by atoms with Crippen molar-refractivity contribution in [1.82, 2.24) is 9.58 Å². The van der Waals surface area contributed by atoms with Crippen molar-refractivity contribution in [3.8, 4) is 6.07 Å². The molecule has 0 atom stereocenters. The van der Waals surface area contributed by atoms with E-state index in [1.165, 1.54) is 31.4 Å². The second-order valence-electron chi connectivity index (χ2n) is 8.95. The van der Waals surface area contributed by atoms with Gasteiger partial charge in [0, 0.05) is 31.2 Å². The topological polar surface area (TPSA) is 87.4 Å². The monoisotopic (exact) mass is 381 g/mol. The highest BCUT2D eigenvalue weighted by Crippen LogP contribution is 2.48. The minimum Gasteiger partial charge on any atom is -0.342 e. The number of pyridine rings is 1. The summed E-state index contributed by atoms with van der Waals surface area (Å²) in [6.07, 6.45) is 9.43. The van der Waals surface area contributed by atoms with Gasteiger partial charge in [-0.25, -0.2) is 4.68 Å². The number of hydrogen-bond acceptors (Lipinski definition) is 4. The number of amides is 1. The van der Waals surface area contributed by atoms with Crippen LogP contribution in [0.3, 0.4) is 0 Å². The van der Waals surface area contributed by atoms with E-state index in [9.17, 15) is 4.79 Å². The first-order valence-corrected chi connectivity index (χ1v) is 10.7. The van der Waals surface area contributed by atoms with Crippen molar-refractivity contribution in [1.29, 1.82) is 5.26 Å². The van der Waals surface area contributed by atoms with Gasteiger partial charge in [0.25, 0.3) is 0 Å². The molecule has 1 aromatic rings. The normalized spacial score (nSPS) is 23.0. The second kappa shape index (κ2) is 7.98. The van der Waals surface area contributed by atoms with Gasteiger partial charge in [0.2, 0.25) is 5.91 Å². The predicted octanol–water partition coefficient (Wildman–Crippen LogP) is 2.69. The van der Waals surface area contributed by atoms with Gasteiger partial charge in [0.1, 0.15) is 11.9 Å². The summed E-state index contributed by atoms with van der Waals surface area (Å²) in [6, 6.07) is 8.24. The van der Waals surface area contributed by atoms with E-state index in [-0.39, 0.29) is 12.3 Å². The van der Waals surface area contributed by atoms with Crippen LogP contribution in [0.1, 0.15) is 69.4 Å². The molecule has 1 saturated heterocycles. The maximum atomic E-state index is 12.0. The smallest absolute Gasteiger partial charge is 0.236 e. The van der Waals surface area contributed by atoms with E-state index in [2.05, 4.69) is 12.1 Å². The van der Waals surface area contributed by atoms with E-state index in [1.54, 1.807) is 0 Å². The van der Waals surface area contributed by atoms with E-state index < -0.39 is 0 Å². The average molecular weight is 382 g/mol. The summed E-state index contributed by atoms with van der Waals surface area (Å²) in [6.45, 7) is 2.50. The third-order valence-electron chi connectivity index (χ3n) is 7.12. The van der Waals surface area contributed by atoms with Gasteiger partial charge in [0.05, 0.1) is 6.07 Å². The van der Waals surface area contributed by atoms with Crippen molar-refractivity contribution in [3.05, 3.63) is 29.4 Å². The van der Waals surface area contributed by atoms with Crippen LogP contribution in [-0.4, -0.2) is 35.1 Å². The summed E-state index contributed by atoms with van der Waals surface area (Å²) in [4.78, 5) is 18.6. The fourth-order valence-corrected chi connectivity index (χ4v) is 4.95. The number of likely N-dealkylation sites (tertiary alicyclic amines) is 1. The molecule has 2 N–H and O–H groups in total. The number of carbonyl (C=O) groups excluding carboxylic acids is 1. The fraction of sp³-hybridized carbons (Fsp3) is 0.682. The zero-order valence-electron chi connectivity index (χ0n) is 16.6. The lowest BCUT2D eigenvalue weighted by molar-refractivity contribution is -0.132. The van der Waals surface area contributed by atoms with E-state index in [0.717, 1.165) is 56.7 Å². The molecule has 1 aliphatic heterocycles. The standard InChI is InChI=1S/C22H31N5O/c23-13-8-21(28)26-14-11-22(12-15-26)9-6-18(7-10-22)19-2-1-3-20(27(19)24)25-16-17-4-5-17/h1-3,17-18H,4-12,14-16,24H2. The van der Waals surface area contributed by atoms with Crippen molar-refractivity contribution < 1.29 is 4.79 Å². The molecule has 3 aliphatic rings. The zero-order chi connectivity index (χ0) is 19.6. The van der Waals surface area contributed by atoms with Crippen LogP contribution < -0.4 is 11.3 Å². The molecule has 6 heteroatoms. The molecule has 0 radical (unpaired) electrons. The molecule has 1 aromatic heterocycles. The molecule has 0 bridgehead atoms. The fourth-order valence-electron chi connectivity index (χ4n) is 4.95. The maximum absolute atomic E-state index is 12.0. The molecular weight excluding hydrogens is 350 g/mol. The van der Waals surface area contributed by atoms with E-state index in [0.29, 0.717) is 11.3 Å². The van der Waals surface area contributed by atoms with Crippen LogP contribution in [0.25, 0.3) is 0 Å². The molecule has 150 valence electrons. The summed E-state index contributed by atoms with van der Waals surface area (Å²) in [5, 5.41) is 8.74. The summed E-state index contributed by atoms with van der Waals surface area (Å²) < 4.78 is 1.81. The number of nitriles is 1. The van der Waals surface area contributed by atoms with Gasteiger partial charge in [-0.15, -0.1) is 0 Å². The number of rotatable bonds is 4. The van der Waals surface area contributed by atoms with Crippen LogP contribution in [0.2, 0.25) is 0 Å². The molecule has 3 fully saturated rings. The van der Waals surface area contributed by atoms with Crippen LogP contribution in [0.4, 0.5) is 0 Å². The highest BCUT2D eigenvalue weighted by atomic mass is 16.2. The molecular formula is C22H31N5O. The number of nitrogens with zero attached hydrogens (tertiary/aromatic N) is 4. The van der Waals surface area contributed by atoms with Gasteiger partial charge in [-0.1, -0.05) is 6.07 Å². The minimum atomic E-state index is -0.0121. The lowest BCUT2D eigenvalue weighted by Crippen LogP contribution is -2.44. The Labute approximate surface area is 167 Å². The van der Waals surface area contributed by atoms with Crippen LogP contribution in [0.5, 0.6) is 0 Å². The van der Waals surface area contributed by atoms with Gasteiger partial charge < -0.3 is 10.7 Å². The van der Waals surface area contributed by atoms with Crippen molar-refractivity contribution in [2.45, 2.75) is 63.7 Å². The Morgan fingerprint density at radius 3 is 2.54 bits per heavy atom. The van der Waals surface area contributed by atoms with Crippen LogP contribution in [0, 0.1) is 22.7 Å². The van der Waals surface area contributed by atoms with Crippen molar-refractivity contribution in [2.24, 2.45) is 16.3 Å². The molecule has 2 saturated carbocycles. The van der Waals surface area contributed by atoms with Gasteiger partial charge in [-0.3, -0.25) is 9.79 Å². The SMILES string of the molecule is N#CCC(=O)N1CCC2(CCC(c3cccc(=NCC4CC4)n3N)CC2)CC1. The Balaban J connectivity index is 1.37. The Morgan fingerprint density at radius 1 is 1.18 bits per heavy atom. The predicted molar refractivity (Wildman–Crippen MR) is 107 cm³/mol. The summed E-state index contributed by atoms with van der Waals surface area (Å²) in [5.74, 6) is 7.67. The molecule has 4 rings (SSSR count). The number of nitrogen functional groups attached to an aromatic ring is 1. The van der Waals surface area contributed by atoms with Crippen LogP contribution in [0.15, 0.2) is 23.2 Å². The first-order chi connectivity index (χ1) is 13.6. The van der Waals surface area contributed by atoms with Gasteiger partial charge in [-0.2, -0.15) is 5.26 Å². The van der Waals surface area contributed by atoms with Crippen molar-refractivity contribution in [2.75, 3.05) is 25.5 Å². The molecule has 1 spiro atoms. The highest BCUT2D eigenvalue weighted by molar-refractivity contribution is 5.78. The van der Waals surface area contributed by atoms with Crippen LogP contribution in [-0.2, 0) is 4.79 Å². The molecule has 28 heavy (non-hydrogen) atoms. The summed E-state index contributed by atoms with van der Waals surface area (Å²) in [5.41, 5.74) is 2.47. The minimum absolute atomic E-state index is 0.00765. The quantitative estimate of drug-likeness (QED) is 0.814. The number of aromatic nitrogens is 1.